The van der Waals surface area contributed by atoms with Gasteiger partial charge in [0.05, 0.1) is 7.11 Å². The van der Waals surface area contributed by atoms with E-state index in [-0.39, 0.29) is 0 Å². The van der Waals surface area contributed by atoms with Crippen molar-refractivity contribution >= 4 is 12.1 Å². The number of carbonyl (C=O) groups excluding carboxylic acids is 1. The number of methoxy groups -OCH3 is 1. The fraction of sp³-hybridized carbons (Fsp3) is 0.143. The first-order valence-corrected chi connectivity index (χ1v) is 5.60. The van der Waals surface area contributed by atoms with Gasteiger partial charge < -0.3 is 10.1 Å². The summed E-state index contributed by atoms with van der Waals surface area (Å²) in [6, 6.07) is 11.2. The van der Waals surface area contributed by atoms with E-state index < -0.39 is 0 Å². The van der Waals surface area contributed by atoms with Crippen LogP contribution in [0, 0.1) is 0 Å². The molecule has 0 aliphatic rings. The van der Waals surface area contributed by atoms with Crippen molar-refractivity contribution < 1.29 is 9.53 Å². The van der Waals surface area contributed by atoms with Crippen LogP contribution in [-0.2, 0) is 6.54 Å². The van der Waals surface area contributed by atoms with Gasteiger partial charge in [0.15, 0.2) is 0 Å². The minimum absolute atomic E-state index is 0.613. The summed E-state index contributed by atoms with van der Waals surface area (Å²) < 4.78 is 5.09. The first-order valence-electron chi connectivity index (χ1n) is 5.60. The Hall–Kier alpha value is -2.36. The molecule has 0 aliphatic heterocycles. The van der Waals surface area contributed by atoms with Crippen molar-refractivity contribution in [3.63, 3.8) is 0 Å². The van der Waals surface area contributed by atoms with Crippen LogP contribution in [0.15, 0.2) is 42.6 Å². The number of hydrogen-bond acceptors (Lipinski definition) is 4. The fourth-order valence-electron chi connectivity index (χ4n) is 1.55. The standard InChI is InChI=1S/C14H14N2O2/c1-18-13-4-2-11(3-5-13)9-16-14-8-12(10-17)6-7-15-14/h2-8,10H,9H2,1H3,(H,15,16). The number of anilines is 1. The predicted molar refractivity (Wildman–Crippen MR) is 69.9 cm³/mol. The largest absolute Gasteiger partial charge is 0.497 e. The number of nitrogens with one attached hydrogen (secondary N) is 1. The number of aldehydes is 1. The molecule has 1 aromatic carbocycles. The lowest BCUT2D eigenvalue weighted by Gasteiger charge is -2.06. The zero-order valence-corrected chi connectivity index (χ0v) is 10.1. The van der Waals surface area contributed by atoms with Crippen molar-refractivity contribution in [3.05, 3.63) is 53.7 Å². The van der Waals surface area contributed by atoms with Crippen molar-refractivity contribution in [2.75, 3.05) is 12.4 Å². The van der Waals surface area contributed by atoms with Gasteiger partial charge in [0.2, 0.25) is 0 Å². The highest BCUT2D eigenvalue weighted by Gasteiger charge is 1.97. The van der Waals surface area contributed by atoms with Crippen LogP contribution < -0.4 is 10.1 Å². The zero-order valence-electron chi connectivity index (χ0n) is 10.1. The minimum Gasteiger partial charge on any atom is -0.497 e. The van der Waals surface area contributed by atoms with Gasteiger partial charge in [-0.15, -0.1) is 0 Å². The van der Waals surface area contributed by atoms with Gasteiger partial charge in [0.1, 0.15) is 17.9 Å². The molecule has 0 fully saturated rings. The monoisotopic (exact) mass is 242 g/mol. The lowest BCUT2D eigenvalue weighted by Crippen LogP contribution is -2.01. The van der Waals surface area contributed by atoms with E-state index in [9.17, 15) is 4.79 Å². The maximum Gasteiger partial charge on any atom is 0.150 e. The molecule has 1 aromatic heterocycles. The molecular weight excluding hydrogens is 228 g/mol. The van der Waals surface area contributed by atoms with Crippen LogP contribution in [0.1, 0.15) is 15.9 Å². The summed E-state index contributed by atoms with van der Waals surface area (Å²) in [6.07, 6.45) is 2.42. The van der Waals surface area contributed by atoms with Crippen LogP contribution in [0.2, 0.25) is 0 Å². The number of aromatic nitrogens is 1. The first kappa shape index (κ1) is 12.1. The average molecular weight is 242 g/mol. The van der Waals surface area contributed by atoms with E-state index >= 15 is 0 Å². The highest BCUT2D eigenvalue weighted by atomic mass is 16.5. The summed E-state index contributed by atoms with van der Waals surface area (Å²) in [4.78, 5) is 14.8. The molecule has 1 N–H and O–H groups in total. The van der Waals surface area contributed by atoms with Gasteiger partial charge in [0.25, 0.3) is 0 Å². The lowest BCUT2D eigenvalue weighted by molar-refractivity contribution is 0.112. The van der Waals surface area contributed by atoms with Gasteiger partial charge in [-0.2, -0.15) is 0 Å². The quantitative estimate of drug-likeness (QED) is 0.818. The Morgan fingerprint density at radius 1 is 1.28 bits per heavy atom. The molecule has 0 radical (unpaired) electrons. The second-order valence-corrected chi connectivity index (χ2v) is 3.79. The van der Waals surface area contributed by atoms with Crippen molar-refractivity contribution in [2.45, 2.75) is 6.54 Å². The Labute approximate surface area is 106 Å². The Bertz CT molecular complexity index is 524. The minimum atomic E-state index is 0.613. The molecule has 0 amide bonds. The van der Waals surface area contributed by atoms with Gasteiger partial charge >= 0.3 is 0 Å². The second kappa shape index (κ2) is 5.82. The first-order chi connectivity index (χ1) is 8.81. The maximum atomic E-state index is 10.6. The number of carbonyl (C=O) groups is 1. The van der Waals surface area contributed by atoms with E-state index in [1.54, 1.807) is 25.4 Å². The van der Waals surface area contributed by atoms with E-state index in [2.05, 4.69) is 10.3 Å². The summed E-state index contributed by atoms with van der Waals surface area (Å²) >= 11 is 0. The van der Waals surface area contributed by atoms with E-state index in [1.807, 2.05) is 24.3 Å². The SMILES string of the molecule is COc1ccc(CNc2cc(C=O)ccn2)cc1. The maximum absolute atomic E-state index is 10.6. The molecule has 4 heteroatoms. The Morgan fingerprint density at radius 3 is 2.72 bits per heavy atom. The molecule has 0 bridgehead atoms. The average Bonchev–Trinajstić information content (AvgIpc) is 2.46. The Balaban J connectivity index is 1.99. The van der Waals surface area contributed by atoms with E-state index in [4.69, 9.17) is 4.74 Å². The number of rotatable bonds is 5. The topological polar surface area (TPSA) is 51.2 Å². The van der Waals surface area contributed by atoms with Gasteiger partial charge in [0, 0.05) is 18.3 Å². The van der Waals surface area contributed by atoms with E-state index in [0.29, 0.717) is 17.9 Å². The summed E-state index contributed by atoms with van der Waals surface area (Å²) in [5.41, 5.74) is 1.73. The molecule has 0 atom stereocenters. The number of ether oxygens (including phenoxy) is 1. The van der Waals surface area contributed by atoms with E-state index in [0.717, 1.165) is 17.6 Å². The van der Waals surface area contributed by atoms with Crippen LogP contribution in [-0.4, -0.2) is 18.4 Å². The van der Waals surface area contributed by atoms with Gasteiger partial charge in [-0.05, 0) is 29.8 Å². The van der Waals surface area contributed by atoms with Crippen molar-refractivity contribution in [2.24, 2.45) is 0 Å². The van der Waals surface area contributed by atoms with Crippen molar-refractivity contribution in [3.8, 4) is 5.75 Å². The predicted octanol–water partition coefficient (Wildman–Crippen LogP) is 2.51. The van der Waals surface area contributed by atoms with Crippen LogP contribution in [0.25, 0.3) is 0 Å². The molecule has 2 aromatic rings. The molecule has 0 unspecified atom stereocenters. The van der Waals surface area contributed by atoms with Crippen LogP contribution in [0.3, 0.4) is 0 Å². The molecule has 0 saturated heterocycles. The van der Waals surface area contributed by atoms with E-state index in [1.165, 1.54) is 0 Å². The van der Waals surface area contributed by atoms with Gasteiger partial charge in [-0.25, -0.2) is 4.98 Å². The van der Waals surface area contributed by atoms with Gasteiger partial charge in [-0.3, -0.25) is 4.79 Å². The summed E-state index contributed by atoms with van der Waals surface area (Å²) in [5, 5.41) is 3.16. The third-order valence-electron chi connectivity index (χ3n) is 2.55. The number of pyridine rings is 1. The van der Waals surface area contributed by atoms with Crippen molar-refractivity contribution in [1.29, 1.82) is 0 Å². The van der Waals surface area contributed by atoms with Crippen LogP contribution >= 0.6 is 0 Å². The molecular formula is C14H14N2O2. The van der Waals surface area contributed by atoms with Crippen molar-refractivity contribution in [1.82, 2.24) is 4.98 Å². The molecule has 18 heavy (non-hydrogen) atoms. The van der Waals surface area contributed by atoms with Crippen LogP contribution in [0.5, 0.6) is 5.75 Å². The summed E-state index contributed by atoms with van der Waals surface area (Å²) in [6.45, 7) is 0.652. The summed E-state index contributed by atoms with van der Waals surface area (Å²) in [5.74, 6) is 1.52. The van der Waals surface area contributed by atoms with Crippen LogP contribution in [0.4, 0.5) is 5.82 Å². The molecule has 2 rings (SSSR count). The normalized spacial score (nSPS) is 9.83. The number of benzene rings is 1. The molecule has 4 nitrogen and oxygen atoms in total. The number of hydrogen-bond donors (Lipinski definition) is 1. The third kappa shape index (κ3) is 3.07. The zero-order chi connectivity index (χ0) is 12.8. The third-order valence-corrected chi connectivity index (χ3v) is 2.55. The smallest absolute Gasteiger partial charge is 0.150 e. The Morgan fingerprint density at radius 2 is 2.06 bits per heavy atom. The number of nitrogens with zero attached hydrogens (tertiary/aromatic N) is 1. The molecule has 0 spiro atoms. The molecule has 0 aliphatic carbocycles. The van der Waals surface area contributed by atoms with Gasteiger partial charge in [-0.1, -0.05) is 12.1 Å². The molecule has 0 saturated carbocycles. The lowest BCUT2D eigenvalue weighted by atomic mass is 10.2. The fourth-order valence-corrected chi connectivity index (χ4v) is 1.55. The Kier molecular flexibility index (Phi) is 3.91. The molecule has 92 valence electrons. The highest BCUT2D eigenvalue weighted by Crippen LogP contribution is 2.13. The summed E-state index contributed by atoms with van der Waals surface area (Å²) in [7, 11) is 1.64. The highest BCUT2D eigenvalue weighted by molar-refractivity contribution is 5.75. The second-order valence-electron chi connectivity index (χ2n) is 3.79. The molecule has 1 heterocycles.